The van der Waals surface area contributed by atoms with E-state index in [4.69, 9.17) is 11.6 Å². The number of fused-ring (bicyclic) bond motifs is 1. The lowest BCUT2D eigenvalue weighted by atomic mass is 9.89. The summed E-state index contributed by atoms with van der Waals surface area (Å²) in [6.07, 6.45) is 7.47. The molecule has 0 amide bonds. The molecule has 0 bridgehead atoms. The van der Waals surface area contributed by atoms with Crippen LogP contribution in [-0.2, 0) is 6.54 Å². The van der Waals surface area contributed by atoms with E-state index in [1.807, 2.05) is 6.07 Å². The van der Waals surface area contributed by atoms with Crippen molar-refractivity contribution in [2.45, 2.75) is 37.8 Å². The maximum atomic E-state index is 5.89. The number of hydrogen-bond donors (Lipinski definition) is 0. The number of hydrogen-bond acceptors (Lipinski definition) is 3. The van der Waals surface area contributed by atoms with Gasteiger partial charge in [0.1, 0.15) is 0 Å². The summed E-state index contributed by atoms with van der Waals surface area (Å²) < 4.78 is 2.24. The zero-order chi connectivity index (χ0) is 13.7. The molecule has 2 aliphatic rings. The lowest BCUT2D eigenvalue weighted by Crippen LogP contribution is -2.42. The SMILES string of the molecule is CN1CCC(Cn2ccc3cc(Cl)nnc32)CC12CC2. The molecule has 1 atom stereocenters. The van der Waals surface area contributed by atoms with Crippen molar-refractivity contribution in [2.75, 3.05) is 13.6 Å². The minimum atomic E-state index is 0.464. The second kappa shape index (κ2) is 4.43. The van der Waals surface area contributed by atoms with Gasteiger partial charge < -0.3 is 9.47 Å². The molecule has 1 unspecified atom stereocenters. The van der Waals surface area contributed by atoms with Crippen LogP contribution < -0.4 is 0 Å². The Bertz CT molecular complexity index is 646. The minimum Gasteiger partial charge on any atom is -0.331 e. The summed E-state index contributed by atoms with van der Waals surface area (Å²) in [6, 6.07) is 3.97. The molecule has 0 aromatic carbocycles. The van der Waals surface area contributed by atoms with Crippen molar-refractivity contribution >= 4 is 22.6 Å². The van der Waals surface area contributed by atoms with Gasteiger partial charge in [0.25, 0.3) is 0 Å². The number of halogens is 1. The Morgan fingerprint density at radius 1 is 1.40 bits per heavy atom. The van der Waals surface area contributed by atoms with Crippen LogP contribution in [0.2, 0.25) is 5.15 Å². The highest BCUT2D eigenvalue weighted by atomic mass is 35.5. The van der Waals surface area contributed by atoms with Crippen LogP contribution in [0.5, 0.6) is 0 Å². The van der Waals surface area contributed by atoms with Crippen LogP contribution in [0.15, 0.2) is 18.3 Å². The van der Waals surface area contributed by atoms with Gasteiger partial charge in [-0.15, -0.1) is 10.2 Å². The fourth-order valence-electron chi connectivity index (χ4n) is 3.68. The second-order valence-corrected chi connectivity index (χ2v) is 6.81. The summed E-state index contributed by atoms with van der Waals surface area (Å²) in [5.74, 6) is 0.752. The van der Waals surface area contributed by atoms with Gasteiger partial charge in [-0.25, -0.2) is 0 Å². The second-order valence-electron chi connectivity index (χ2n) is 6.42. The molecule has 2 fully saturated rings. The largest absolute Gasteiger partial charge is 0.331 e. The highest BCUT2D eigenvalue weighted by Gasteiger charge is 2.49. The lowest BCUT2D eigenvalue weighted by Gasteiger charge is -2.37. The zero-order valence-corrected chi connectivity index (χ0v) is 12.5. The minimum absolute atomic E-state index is 0.464. The molecule has 1 saturated heterocycles. The van der Waals surface area contributed by atoms with E-state index >= 15 is 0 Å². The molecule has 4 nitrogen and oxygen atoms in total. The maximum Gasteiger partial charge on any atom is 0.162 e. The van der Waals surface area contributed by atoms with E-state index in [1.54, 1.807) is 0 Å². The van der Waals surface area contributed by atoms with E-state index in [0.717, 1.165) is 23.5 Å². The van der Waals surface area contributed by atoms with E-state index in [9.17, 15) is 0 Å². The Morgan fingerprint density at radius 3 is 3.05 bits per heavy atom. The highest BCUT2D eigenvalue weighted by molar-refractivity contribution is 6.29. The van der Waals surface area contributed by atoms with Crippen LogP contribution >= 0.6 is 11.6 Å². The van der Waals surface area contributed by atoms with Gasteiger partial charge in [0.2, 0.25) is 0 Å². The Kier molecular flexibility index (Phi) is 2.79. The van der Waals surface area contributed by atoms with Crippen molar-refractivity contribution in [1.29, 1.82) is 0 Å². The first-order valence-corrected chi connectivity index (χ1v) is 7.73. The molecule has 3 heterocycles. The molecule has 1 aliphatic heterocycles. The first-order chi connectivity index (χ1) is 9.66. The standard InChI is InChI=1S/C15H19ClN4/c1-19-6-2-11(9-15(19)4-5-15)10-20-7-3-12-8-13(16)17-18-14(12)20/h3,7-8,11H,2,4-6,9-10H2,1H3. The van der Waals surface area contributed by atoms with Crippen molar-refractivity contribution in [3.63, 3.8) is 0 Å². The van der Waals surface area contributed by atoms with E-state index in [1.165, 1.54) is 32.2 Å². The van der Waals surface area contributed by atoms with Crippen molar-refractivity contribution < 1.29 is 0 Å². The Labute approximate surface area is 123 Å². The molecule has 1 aliphatic carbocycles. The average molecular weight is 291 g/mol. The molecule has 1 saturated carbocycles. The normalized spacial score (nSPS) is 25.4. The van der Waals surface area contributed by atoms with Gasteiger partial charge in [0, 0.05) is 23.7 Å². The Morgan fingerprint density at radius 2 is 2.25 bits per heavy atom. The van der Waals surface area contributed by atoms with Crippen LogP contribution in [0.1, 0.15) is 25.7 Å². The fraction of sp³-hybridized carbons (Fsp3) is 0.600. The van der Waals surface area contributed by atoms with Crippen molar-refractivity contribution in [3.05, 3.63) is 23.5 Å². The summed E-state index contributed by atoms with van der Waals surface area (Å²) in [6.45, 7) is 2.27. The van der Waals surface area contributed by atoms with Crippen LogP contribution in [0.25, 0.3) is 11.0 Å². The monoisotopic (exact) mass is 290 g/mol. The summed E-state index contributed by atoms with van der Waals surface area (Å²) in [7, 11) is 2.28. The van der Waals surface area contributed by atoms with Crippen molar-refractivity contribution in [3.8, 4) is 0 Å². The van der Waals surface area contributed by atoms with Gasteiger partial charge in [0.05, 0.1) is 0 Å². The highest BCUT2D eigenvalue weighted by Crippen LogP contribution is 2.49. The van der Waals surface area contributed by atoms with Crippen molar-refractivity contribution in [1.82, 2.24) is 19.7 Å². The summed E-state index contributed by atoms with van der Waals surface area (Å²) in [5, 5.41) is 9.76. The molecular formula is C15H19ClN4. The first-order valence-electron chi connectivity index (χ1n) is 7.36. The molecule has 1 spiro atoms. The Hall–Kier alpha value is -1.13. The molecule has 0 radical (unpaired) electrons. The van der Waals surface area contributed by atoms with Crippen LogP contribution in [-0.4, -0.2) is 38.8 Å². The van der Waals surface area contributed by atoms with Gasteiger partial charge in [-0.2, -0.15) is 0 Å². The Balaban J connectivity index is 1.56. The summed E-state index contributed by atoms with van der Waals surface area (Å²) in [5.41, 5.74) is 1.49. The molecule has 0 N–H and O–H groups in total. The van der Waals surface area contributed by atoms with Gasteiger partial charge in [-0.3, -0.25) is 0 Å². The zero-order valence-electron chi connectivity index (χ0n) is 11.7. The molecule has 20 heavy (non-hydrogen) atoms. The summed E-state index contributed by atoms with van der Waals surface area (Å²) >= 11 is 5.89. The lowest BCUT2D eigenvalue weighted by molar-refractivity contribution is 0.115. The van der Waals surface area contributed by atoms with E-state index in [0.29, 0.717) is 10.7 Å². The third-order valence-corrected chi connectivity index (χ3v) is 5.30. The molecule has 2 aromatic heterocycles. The van der Waals surface area contributed by atoms with Gasteiger partial charge >= 0.3 is 0 Å². The van der Waals surface area contributed by atoms with Gasteiger partial charge in [0.15, 0.2) is 10.8 Å². The molecular weight excluding hydrogens is 272 g/mol. The fourth-order valence-corrected chi connectivity index (χ4v) is 3.84. The number of piperidine rings is 1. The number of nitrogens with zero attached hydrogens (tertiary/aromatic N) is 4. The first kappa shape index (κ1) is 12.6. The van der Waals surface area contributed by atoms with E-state index in [2.05, 4.69) is 39.0 Å². The molecule has 4 rings (SSSR count). The van der Waals surface area contributed by atoms with E-state index < -0.39 is 0 Å². The predicted octanol–water partition coefficient (Wildman–Crippen LogP) is 2.96. The number of rotatable bonds is 2. The van der Waals surface area contributed by atoms with Crippen LogP contribution in [0.3, 0.4) is 0 Å². The summed E-state index contributed by atoms with van der Waals surface area (Å²) in [4.78, 5) is 2.57. The molecule has 2 aromatic rings. The van der Waals surface area contributed by atoms with Gasteiger partial charge in [-0.05, 0) is 57.3 Å². The van der Waals surface area contributed by atoms with Crippen LogP contribution in [0.4, 0.5) is 0 Å². The number of likely N-dealkylation sites (tertiary alicyclic amines) is 1. The third kappa shape index (κ3) is 2.02. The smallest absolute Gasteiger partial charge is 0.162 e. The quantitative estimate of drug-likeness (QED) is 0.853. The molecule has 5 heteroatoms. The number of aromatic nitrogens is 3. The topological polar surface area (TPSA) is 34.0 Å². The van der Waals surface area contributed by atoms with E-state index in [-0.39, 0.29) is 0 Å². The molecule has 106 valence electrons. The third-order valence-electron chi connectivity index (χ3n) is 5.11. The average Bonchev–Trinajstić information content (AvgIpc) is 3.10. The maximum absolute atomic E-state index is 5.89. The van der Waals surface area contributed by atoms with Crippen molar-refractivity contribution in [2.24, 2.45) is 5.92 Å². The van der Waals surface area contributed by atoms with Crippen LogP contribution in [0, 0.1) is 5.92 Å². The van der Waals surface area contributed by atoms with Gasteiger partial charge in [-0.1, -0.05) is 11.6 Å². The predicted molar refractivity (Wildman–Crippen MR) is 79.9 cm³/mol.